The van der Waals surface area contributed by atoms with Gasteiger partial charge in [0.15, 0.2) is 0 Å². The summed E-state index contributed by atoms with van der Waals surface area (Å²) in [6.07, 6.45) is 3.72. The van der Waals surface area contributed by atoms with Crippen molar-refractivity contribution in [1.82, 2.24) is 10.2 Å². The molecule has 1 saturated heterocycles. The van der Waals surface area contributed by atoms with Crippen LogP contribution in [0.1, 0.15) is 49.4 Å². The minimum Gasteiger partial charge on any atom is -0.324 e. The van der Waals surface area contributed by atoms with Crippen LogP contribution in [0.15, 0.2) is 24.3 Å². The van der Waals surface area contributed by atoms with E-state index in [9.17, 15) is 0 Å². The van der Waals surface area contributed by atoms with Crippen molar-refractivity contribution in [3.8, 4) is 0 Å². The maximum atomic E-state index is 6.24. The Morgan fingerprint density at radius 1 is 1.20 bits per heavy atom. The van der Waals surface area contributed by atoms with Crippen molar-refractivity contribution in [2.75, 3.05) is 26.2 Å². The van der Waals surface area contributed by atoms with Crippen molar-refractivity contribution in [2.24, 2.45) is 11.7 Å². The van der Waals surface area contributed by atoms with Gasteiger partial charge in [0.1, 0.15) is 0 Å². The van der Waals surface area contributed by atoms with Gasteiger partial charge < -0.3 is 16.0 Å². The Hall–Kier alpha value is -0.900. The van der Waals surface area contributed by atoms with Gasteiger partial charge in [-0.05, 0) is 62.5 Å². The van der Waals surface area contributed by atoms with E-state index in [4.69, 9.17) is 5.73 Å². The summed E-state index contributed by atoms with van der Waals surface area (Å²) in [7, 11) is 0. The Kier molecular flexibility index (Phi) is 4.39. The average molecular weight is 273 g/mol. The number of piperidine rings is 1. The van der Waals surface area contributed by atoms with E-state index in [1.54, 1.807) is 0 Å². The summed E-state index contributed by atoms with van der Waals surface area (Å²) in [5.74, 6) is 0.835. The number of benzene rings is 1. The summed E-state index contributed by atoms with van der Waals surface area (Å²) in [5, 5.41) is 3.77. The standard InChI is InChI=1S/C17H27N3/c1-2-20-9-7-13(8-10-20)12-19-17-11-16(18)14-5-3-4-6-15(14)17/h3-6,13,16-17,19H,2,7-12,18H2,1H3. The number of nitrogens with two attached hydrogens (primary N) is 1. The van der Waals surface area contributed by atoms with Crippen LogP contribution in [0.4, 0.5) is 0 Å². The molecule has 0 saturated carbocycles. The zero-order valence-corrected chi connectivity index (χ0v) is 12.5. The minimum atomic E-state index is 0.214. The molecule has 0 radical (unpaired) electrons. The smallest absolute Gasteiger partial charge is 0.0341 e. The number of rotatable bonds is 4. The van der Waals surface area contributed by atoms with E-state index in [0.717, 1.165) is 18.9 Å². The minimum absolute atomic E-state index is 0.214. The number of likely N-dealkylation sites (tertiary alicyclic amines) is 1. The average Bonchev–Trinajstić information content (AvgIpc) is 2.83. The van der Waals surface area contributed by atoms with Crippen LogP contribution in [0.5, 0.6) is 0 Å². The summed E-state index contributed by atoms with van der Waals surface area (Å²) in [6.45, 7) is 7.14. The first kappa shape index (κ1) is 14.1. The third-order valence-corrected chi connectivity index (χ3v) is 5.07. The molecule has 2 unspecified atom stereocenters. The Bertz CT molecular complexity index is 438. The van der Waals surface area contributed by atoms with E-state index in [1.165, 1.54) is 43.6 Å². The highest BCUT2D eigenvalue weighted by Gasteiger charge is 2.28. The van der Waals surface area contributed by atoms with Crippen molar-refractivity contribution in [3.05, 3.63) is 35.4 Å². The third kappa shape index (κ3) is 2.90. The zero-order chi connectivity index (χ0) is 13.9. The van der Waals surface area contributed by atoms with E-state index < -0.39 is 0 Å². The number of hydrogen-bond acceptors (Lipinski definition) is 3. The van der Waals surface area contributed by atoms with Gasteiger partial charge in [-0.15, -0.1) is 0 Å². The topological polar surface area (TPSA) is 41.3 Å². The van der Waals surface area contributed by atoms with Crippen LogP contribution in [0.2, 0.25) is 0 Å². The van der Waals surface area contributed by atoms with Gasteiger partial charge in [-0.1, -0.05) is 31.2 Å². The maximum absolute atomic E-state index is 6.24. The normalized spacial score (nSPS) is 27.7. The van der Waals surface area contributed by atoms with Crippen LogP contribution in [0, 0.1) is 5.92 Å². The zero-order valence-electron chi connectivity index (χ0n) is 12.5. The summed E-state index contributed by atoms with van der Waals surface area (Å²) in [5.41, 5.74) is 9.00. The van der Waals surface area contributed by atoms with Crippen LogP contribution in [0.3, 0.4) is 0 Å². The van der Waals surface area contributed by atoms with Gasteiger partial charge in [0.2, 0.25) is 0 Å². The number of nitrogens with one attached hydrogen (secondary N) is 1. The fourth-order valence-corrected chi connectivity index (χ4v) is 3.68. The molecule has 0 aromatic heterocycles. The second kappa shape index (κ2) is 6.25. The molecule has 1 aliphatic carbocycles. The van der Waals surface area contributed by atoms with Crippen molar-refractivity contribution in [1.29, 1.82) is 0 Å². The van der Waals surface area contributed by atoms with E-state index in [1.807, 2.05) is 0 Å². The SMILES string of the molecule is CCN1CCC(CNC2CC(N)c3ccccc32)CC1. The van der Waals surface area contributed by atoms with Crippen molar-refractivity contribution in [3.63, 3.8) is 0 Å². The monoisotopic (exact) mass is 273 g/mol. The van der Waals surface area contributed by atoms with Gasteiger partial charge in [-0.2, -0.15) is 0 Å². The maximum Gasteiger partial charge on any atom is 0.0341 e. The molecule has 1 aromatic carbocycles. The van der Waals surface area contributed by atoms with E-state index >= 15 is 0 Å². The lowest BCUT2D eigenvalue weighted by atomic mass is 9.96. The predicted octanol–water partition coefficient (Wildman–Crippen LogP) is 2.45. The molecule has 3 heteroatoms. The van der Waals surface area contributed by atoms with Crippen molar-refractivity contribution >= 4 is 0 Å². The van der Waals surface area contributed by atoms with Gasteiger partial charge in [-0.3, -0.25) is 0 Å². The summed E-state index contributed by atoms with van der Waals surface area (Å²) in [6, 6.07) is 9.32. The van der Waals surface area contributed by atoms with Gasteiger partial charge in [-0.25, -0.2) is 0 Å². The van der Waals surface area contributed by atoms with Gasteiger partial charge in [0.25, 0.3) is 0 Å². The van der Waals surface area contributed by atoms with Crippen LogP contribution < -0.4 is 11.1 Å². The fourth-order valence-electron chi connectivity index (χ4n) is 3.68. The van der Waals surface area contributed by atoms with Gasteiger partial charge in [0, 0.05) is 12.1 Å². The molecule has 2 aliphatic rings. The highest BCUT2D eigenvalue weighted by Crippen LogP contribution is 2.37. The molecule has 3 N–H and O–H groups in total. The second-order valence-electron chi connectivity index (χ2n) is 6.31. The molecular weight excluding hydrogens is 246 g/mol. The molecular formula is C17H27N3. The highest BCUT2D eigenvalue weighted by atomic mass is 15.1. The molecule has 1 aromatic rings. The highest BCUT2D eigenvalue weighted by molar-refractivity contribution is 5.37. The molecule has 1 heterocycles. The molecule has 3 rings (SSSR count). The summed E-state index contributed by atoms with van der Waals surface area (Å²) < 4.78 is 0. The Balaban J connectivity index is 1.53. The second-order valence-corrected chi connectivity index (χ2v) is 6.31. The molecule has 3 nitrogen and oxygen atoms in total. The molecule has 0 amide bonds. The first-order valence-corrected chi connectivity index (χ1v) is 8.08. The Morgan fingerprint density at radius 2 is 1.90 bits per heavy atom. The quantitative estimate of drug-likeness (QED) is 0.885. The van der Waals surface area contributed by atoms with Gasteiger partial charge in [0.05, 0.1) is 0 Å². The van der Waals surface area contributed by atoms with Crippen LogP contribution in [0.25, 0.3) is 0 Å². The van der Waals surface area contributed by atoms with E-state index in [2.05, 4.69) is 41.4 Å². The lowest BCUT2D eigenvalue weighted by Gasteiger charge is -2.31. The molecule has 110 valence electrons. The van der Waals surface area contributed by atoms with Crippen molar-refractivity contribution < 1.29 is 0 Å². The molecule has 1 aliphatic heterocycles. The molecule has 0 bridgehead atoms. The lowest BCUT2D eigenvalue weighted by Crippen LogP contribution is -2.37. The largest absolute Gasteiger partial charge is 0.324 e. The summed E-state index contributed by atoms with van der Waals surface area (Å²) >= 11 is 0. The molecule has 0 spiro atoms. The third-order valence-electron chi connectivity index (χ3n) is 5.07. The first-order chi connectivity index (χ1) is 9.78. The summed E-state index contributed by atoms with van der Waals surface area (Å²) in [4.78, 5) is 2.55. The van der Waals surface area contributed by atoms with Crippen LogP contribution in [-0.2, 0) is 0 Å². The lowest BCUT2D eigenvalue weighted by molar-refractivity contribution is 0.187. The van der Waals surface area contributed by atoms with Crippen molar-refractivity contribution in [2.45, 2.75) is 38.3 Å². The number of hydrogen-bond donors (Lipinski definition) is 2. The first-order valence-electron chi connectivity index (χ1n) is 8.08. The predicted molar refractivity (Wildman–Crippen MR) is 83.6 cm³/mol. The molecule has 2 atom stereocenters. The molecule has 1 fully saturated rings. The fraction of sp³-hybridized carbons (Fsp3) is 0.647. The molecule has 20 heavy (non-hydrogen) atoms. The van der Waals surface area contributed by atoms with E-state index in [-0.39, 0.29) is 6.04 Å². The number of nitrogens with zero attached hydrogens (tertiary/aromatic N) is 1. The van der Waals surface area contributed by atoms with Gasteiger partial charge >= 0.3 is 0 Å². The Labute approximate surface area is 122 Å². The Morgan fingerprint density at radius 3 is 2.60 bits per heavy atom. The van der Waals surface area contributed by atoms with E-state index in [0.29, 0.717) is 6.04 Å². The van der Waals surface area contributed by atoms with Crippen LogP contribution >= 0.6 is 0 Å². The van der Waals surface area contributed by atoms with Crippen LogP contribution in [-0.4, -0.2) is 31.1 Å². The number of fused-ring (bicyclic) bond motifs is 1.